The molecule has 0 unspecified atom stereocenters. The third-order valence-corrected chi connectivity index (χ3v) is 4.29. The molecule has 0 radical (unpaired) electrons. The Morgan fingerprint density at radius 3 is 2.55 bits per heavy atom. The van der Waals surface area contributed by atoms with E-state index in [2.05, 4.69) is 14.7 Å². The summed E-state index contributed by atoms with van der Waals surface area (Å²) in [5, 5.41) is 10.8. The van der Waals surface area contributed by atoms with Gasteiger partial charge in [-0.15, -0.1) is 13.2 Å². The molecule has 0 atom stereocenters. The van der Waals surface area contributed by atoms with Crippen LogP contribution in [-0.4, -0.2) is 28.0 Å². The van der Waals surface area contributed by atoms with Crippen LogP contribution in [0.2, 0.25) is 0 Å². The molecule has 2 heterocycles. The Morgan fingerprint density at radius 2 is 1.86 bits per heavy atom. The number of aliphatic hydroxyl groups is 1. The van der Waals surface area contributed by atoms with E-state index in [1.807, 2.05) is 29.3 Å². The van der Waals surface area contributed by atoms with Crippen LogP contribution in [0, 0.1) is 0 Å². The Balaban J connectivity index is 1.56. The molecule has 29 heavy (non-hydrogen) atoms. The Bertz CT molecular complexity index is 1120. The standard InChI is InChI=1S/C20H16F3N3O3/c21-20(22,23)29-17-4-1-13(2-5-17)14-3-6-18-15(7-14)8-26(12-24-18)9-19-25-16(10-27)11-28-19/h1-8,11,27H,9-10,12H2. The van der Waals surface area contributed by atoms with Crippen molar-refractivity contribution in [2.45, 2.75) is 19.5 Å². The maximum absolute atomic E-state index is 12.3. The summed E-state index contributed by atoms with van der Waals surface area (Å²) >= 11 is 0. The summed E-state index contributed by atoms with van der Waals surface area (Å²) in [6.07, 6.45) is -1.38. The molecule has 3 aromatic rings. The van der Waals surface area contributed by atoms with E-state index in [4.69, 9.17) is 9.52 Å². The van der Waals surface area contributed by atoms with Gasteiger partial charge in [0.25, 0.3) is 0 Å². The fourth-order valence-corrected chi connectivity index (χ4v) is 3.00. The normalized spacial score (nSPS) is 13.4. The van der Waals surface area contributed by atoms with Gasteiger partial charge in [-0.25, -0.2) is 4.98 Å². The zero-order valence-corrected chi connectivity index (χ0v) is 15.1. The number of ether oxygens (including phenoxy) is 1. The van der Waals surface area contributed by atoms with Crippen molar-refractivity contribution in [1.82, 2.24) is 9.88 Å². The van der Waals surface area contributed by atoms with Gasteiger partial charge in [0.2, 0.25) is 5.89 Å². The van der Waals surface area contributed by atoms with Crippen LogP contribution >= 0.6 is 0 Å². The minimum absolute atomic E-state index is 0.184. The Kier molecular flexibility index (Phi) is 4.98. The molecule has 2 aromatic carbocycles. The molecule has 0 fully saturated rings. The van der Waals surface area contributed by atoms with Crippen LogP contribution in [0.1, 0.15) is 11.6 Å². The van der Waals surface area contributed by atoms with E-state index in [-0.39, 0.29) is 12.4 Å². The molecule has 1 aliphatic heterocycles. The lowest BCUT2D eigenvalue weighted by Gasteiger charge is -2.19. The first kappa shape index (κ1) is 19.0. The summed E-state index contributed by atoms with van der Waals surface area (Å²) in [4.78, 5) is 10.6. The van der Waals surface area contributed by atoms with Crippen molar-refractivity contribution < 1.29 is 27.4 Å². The van der Waals surface area contributed by atoms with Crippen LogP contribution in [0.15, 0.2) is 58.1 Å². The first-order valence-corrected chi connectivity index (χ1v) is 8.70. The van der Waals surface area contributed by atoms with Gasteiger partial charge in [-0.2, -0.15) is 0 Å². The second-order valence-electron chi connectivity index (χ2n) is 6.41. The molecule has 0 spiro atoms. The number of fused-ring (bicyclic) bond motifs is 1. The first-order chi connectivity index (χ1) is 13.9. The number of oxazole rings is 1. The van der Waals surface area contributed by atoms with Crippen molar-refractivity contribution in [3.8, 4) is 16.9 Å². The first-order valence-electron chi connectivity index (χ1n) is 8.70. The molecule has 4 rings (SSSR count). The predicted octanol–water partition coefficient (Wildman–Crippen LogP) is 2.56. The molecule has 6 nitrogen and oxygen atoms in total. The van der Waals surface area contributed by atoms with Gasteiger partial charge in [0, 0.05) is 11.4 Å². The highest BCUT2D eigenvalue weighted by atomic mass is 19.4. The molecule has 1 N–H and O–H groups in total. The molecule has 0 saturated carbocycles. The monoisotopic (exact) mass is 403 g/mol. The zero-order valence-electron chi connectivity index (χ0n) is 15.1. The van der Waals surface area contributed by atoms with Gasteiger partial charge < -0.3 is 19.2 Å². The Morgan fingerprint density at radius 1 is 1.10 bits per heavy atom. The van der Waals surface area contributed by atoms with Crippen LogP contribution in [0.5, 0.6) is 5.75 Å². The van der Waals surface area contributed by atoms with Crippen LogP contribution in [0.3, 0.4) is 0 Å². The minimum atomic E-state index is -4.71. The summed E-state index contributed by atoms with van der Waals surface area (Å²) in [7, 11) is 0. The average molecular weight is 403 g/mol. The van der Waals surface area contributed by atoms with Crippen molar-refractivity contribution in [3.63, 3.8) is 0 Å². The van der Waals surface area contributed by atoms with E-state index in [9.17, 15) is 13.2 Å². The SMILES string of the molecule is OCc1coc(CN2C=c3cc(-c4ccc(OC(F)(F)F)cc4)ccc3=NC2)n1. The second-order valence-corrected chi connectivity index (χ2v) is 6.41. The number of rotatable bonds is 5. The third kappa shape index (κ3) is 4.57. The van der Waals surface area contributed by atoms with Crippen molar-refractivity contribution in [2.75, 3.05) is 6.67 Å². The van der Waals surface area contributed by atoms with Gasteiger partial charge in [0.05, 0.1) is 18.5 Å². The molecule has 1 aliphatic rings. The summed E-state index contributed by atoms with van der Waals surface area (Å²) in [6, 6.07) is 11.4. The molecular weight excluding hydrogens is 387 g/mol. The highest BCUT2D eigenvalue weighted by Gasteiger charge is 2.30. The van der Waals surface area contributed by atoms with Gasteiger partial charge in [-0.05, 0) is 35.4 Å². The van der Waals surface area contributed by atoms with Crippen LogP contribution in [0.25, 0.3) is 17.3 Å². The van der Waals surface area contributed by atoms with E-state index in [0.29, 0.717) is 24.8 Å². The van der Waals surface area contributed by atoms with E-state index in [1.165, 1.54) is 18.4 Å². The number of benzene rings is 2. The number of aromatic nitrogens is 1. The van der Waals surface area contributed by atoms with Crippen LogP contribution in [0.4, 0.5) is 13.2 Å². The molecule has 9 heteroatoms. The lowest BCUT2D eigenvalue weighted by Crippen LogP contribution is -2.35. The quantitative estimate of drug-likeness (QED) is 0.709. The van der Waals surface area contributed by atoms with E-state index < -0.39 is 6.36 Å². The van der Waals surface area contributed by atoms with Gasteiger partial charge in [-0.3, -0.25) is 4.99 Å². The predicted molar refractivity (Wildman–Crippen MR) is 96.6 cm³/mol. The number of halogens is 3. The fourth-order valence-electron chi connectivity index (χ4n) is 3.00. The summed E-state index contributed by atoms with van der Waals surface area (Å²) in [5.41, 5.74) is 2.07. The molecular formula is C20H16F3N3O3. The van der Waals surface area contributed by atoms with Crippen molar-refractivity contribution in [2.24, 2.45) is 4.99 Å². The smallest absolute Gasteiger partial charge is 0.447 e. The van der Waals surface area contributed by atoms with Crippen LogP contribution < -0.4 is 15.3 Å². The molecule has 0 aliphatic carbocycles. The van der Waals surface area contributed by atoms with E-state index in [1.54, 1.807) is 12.1 Å². The van der Waals surface area contributed by atoms with Crippen molar-refractivity contribution >= 4 is 6.20 Å². The summed E-state index contributed by atoms with van der Waals surface area (Å²) in [6.45, 7) is 0.653. The van der Waals surface area contributed by atoms with E-state index >= 15 is 0 Å². The second kappa shape index (κ2) is 7.59. The third-order valence-electron chi connectivity index (χ3n) is 4.29. The molecule has 0 bridgehead atoms. The van der Waals surface area contributed by atoms with Crippen molar-refractivity contribution in [1.29, 1.82) is 0 Å². The largest absolute Gasteiger partial charge is 0.573 e. The lowest BCUT2D eigenvalue weighted by atomic mass is 10.0. The number of aliphatic hydroxyl groups excluding tert-OH is 1. The molecule has 150 valence electrons. The van der Waals surface area contributed by atoms with Gasteiger partial charge in [0.1, 0.15) is 24.4 Å². The highest BCUT2D eigenvalue weighted by Crippen LogP contribution is 2.25. The minimum Gasteiger partial charge on any atom is -0.447 e. The van der Waals surface area contributed by atoms with Crippen molar-refractivity contribution in [3.05, 3.63) is 70.9 Å². The zero-order chi connectivity index (χ0) is 20.4. The number of nitrogens with zero attached hydrogens (tertiary/aromatic N) is 3. The Labute approximate surface area is 163 Å². The van der Waals surface area contributed by atoms with Gasteiger partial charge in [-0.1, -0.05) is 18.2 Å². The maximum Gasteiger partial charge on any atom is 0.573 e. The maximum atomic E-state index is 12.3. The average Bonchev–Trinajstić information content (AvgIpc) is 3.14. The topological polar surface area (TPSA) is 71.1 Å². The van der Waals surface area contributed by atoms with Gasteiger partial charge in [0.15, 0.2) is 0 Å². The molecule has 1 aromatic heterocycles. The number of alkyl halides is 3. The fraction of sp³-hybridized carbons (Fsp3) is 0.200. The Hall–Kier alpha value is -3.33. The number of hydrogen-bond donors (Lipinski definition) is 1. The molecule has 0 amide bonds. The highest BCUT2D eigenvalue weighted by molar-refractivity contribution is 5.64. The summed E-state index contributed by atoms with van der Waals surface area (Å²) < 4.78 is 46.1. The summed E-state index contributed by atoms with van der Waals surface area (Å²) in [5.74, 6) is 0.209. The van der Waals surface area contributed by atoms with Crippen LogP contribution in [-0.2, 0) is 13.2 Å². The van der Waals surface area contributed by atoms with E-state index in [0.717, 1.165) is 21.7 Å². The lowest BCUT2D eigenvalue weighted by molar-refractivity contribution is -0.274. The van der Waals surface area contributed by atoms with Gasteiger partial charge >= 0.3 is 6.36 Å². The molecule has 0 saturated heterocycles. The number of hydrogen-bond acceptors (Lipinski definition) is 6.